The maximum absolute atomic E-state index is 13.1. The van der Waals surface area contributed by atoms with Crippen LogP contribution in [-0.4, -0.2) is 107 Å². The molecule has 13 rings (SSSR count). The SMILES string of the molecule is CCN(C(=O)OCC1c2ccccc2-c2ccccc21)[C@@H](Cc1ccc(C)cc1)C(=O)O.Cc1ccc(C[C@H](NC(=O)OCC2c3ccccc3-c3ccccc32)C(=O)O)cc1.Cc1ccc(C[C@H]2C(=O)OC(C)N2C(=O)OCC2c3ccccc3-c3ccccc32)cc1. The average Bonchev–Trinajstić information content (AvgIpc) is 1.64. The monoisotopic (exact) mass is 1260 g/mol. The lowest BCUT2D eigenvalue weighted by atomic mass is 9.98. The van der Waals surface area contributed by atoms with Gasteiger partial charge in [-0.25, -0.2) is 28.8 Å². The first-order valence-corrected chi connectivity index (χ1v) is 31.7. The molecule has 1 fully saturated rings. The van der Waals surface area contributed by atoms with E-state index in [9.17, 15) is 39.0 Å². The van der Waals surface area contributed by atoms with Crippen molar-refractivity contribution in [1.29, 1.82) is 0 Å². The van der Waals surface area contributed by atoms with Gasteiger partial charge in [-0.05, 0) is 118 Å². The number of alkyl carbamates (subject to hydrolysis) is 1. The molecular formula is C79H75N3O12. The van der Waals surface area contributed by atoms with Gasteiger partial charge >= 0.3 is 36.2 Å². The van der Waals surface area contributed by atoms with Gasteiger partial charge in [0.25, 0.3) is 0 Å². The minimum Gasteiger partial charge on any atom is -0.480 e. The number of likely N-dealkylation sites (N-methyl/N-ethyl adjacent to an activating group) is 1. The molecule has 0 spiro atoms. The molecule has 3 N–H and O–H groups in total. The summed E-state index contributed by atoms with van der Waals surface area (Å²) >= 11 is 0. The average molecular weight is 1260 g/mol. The Morgan fingerprint density at radius 2 is 0.830 bits per heavy atom. The second kappa shape index (κ2) is 29.2. The van der Waals surface area contributed by atoms with Crippen LogP contribution in [0.5, 0.6) is 0 Å². The van der Waals surface area contributed by atoms with Gasteiger partial charge in [-0.2, -0.15) is 0 Å². The van der Waals surface area contributed by atoms with Crippen LogP contribution < -0.4 is 5.32 Å². The molecule has 1 saturated heterocycles. The van der Waals surface area contributed by atoms with Crippen molar-refractivity contribution < 1.29 is 57.9 Å². The van der Waals surface area contributed by atoms with Gasteiger partial charge in [-0.15, -0.1) is 0 Å². The number of nitrogens with zero attached hydrogens (tertiary/aromatic N) is 2. The van der Waals surface area contributed by atoms with Crippen LogP contribution in [0, 0.1) is 20.8 Å². The second-order valence-electron chi connectivity index (χ2n) is 24.1. The van der Waals surface area contributed by atoms with Gasteiger partial charge in [-0.3, -0.25) is 9.80 Å². The van der Waals surface area contributed by atoms with E-state index < -0.39 is 60.5 Å². The summed E-state index contributed by atoms with van der Waals surface area (Å²) < 4.78 is 22.3. The summed E-state index contributed by atoms with van der Waals surface area (Å²) in [5.41, 5.74) is 19.7. The number of ether oxygens (including phenoxy) is 4. The smallest absolute Gasteiger partial charge is 0.413 e. The number of benzene rings is 9. The topological polar surface area (TPSA) is 198 Å². The van der Waals surface area contributed by atoms with Crippen molar-refractivity contribution in [3.8, 4) is 33.4 Å². The highest BCUT2D eigenvalue weighted by atomic mass is 16.6. The van der Waals surface area contributed by atoms with E-state index in [-0.39, 0.29) is 57.0 Å². The van der Waals surface area contributed by atoms with E-state index in [1.165, 1.54) is 20.9 Å². The van der Waals surface area contributed by atoms with Crippen molar-refractivity contribution in [2.45, 2.75) is 96.0 Å². The Bertz CT molecular complexity index is 4040. The zero-order valence-electron chi connectivity index (χ0n) is 53.1. The van der Waals surface area contributed by atoms with E-state index >= 15 is 0 Å². The fourth-order valence-corrected chi connectivity index (χ4v) is 13.1. The zero-order chi connectivity index (χ0) is 66.0. The highest BCUT2D eigenvalue weighted by molar-refractivity contribution is 5.86. The lowest BCUT2D eigenvalue weighted by Gasteiger charge is -2.28. The third kappa shape index (κ3) is 14.4. The number of hydrogen-bond donors (Lipinski definition) is 3. The summed E-state index contributed by atoms with van der Waals surface area (Å²) in [6.07, 6.45) is -1.69. The summed E-state index contributed by atoms with van der Waals surface area (Å²) in [5.74, 6) is -2.69. The van der Waals surface area contributed by atoms with E-state index in [2.05, 4.69) is 66.0 Å². The highest BCUT2D eigenvalue weighted by Crippen LogP contribution is 2.47. The number of aliphatic carboxylic acids is 2. The summed E-state index contributed by atoms with van der Waals surface area (Å²) in [6.45, 7) is 10.2. The molecule has 15 nitrogen and oxygen atoms in total. The lowest BCUT2D eigenvalue weighted by molar-refractivity contribution is -0.143. The van der Waals surface area contributed by atoms with E-state index in [0.717, 1.165) is 89.0 Å². The summed E-state index contributed by atoms with van der Waals surface area (Å²) in [6, 6.07) is 69.3. The molecule has 0 saturated carbocycles. The standard InChI is InChI=1S/C27H25NO4.C27H27NO4.C25H23NO4/c1-17-11-13-19(14-12-17)15-25-26(29)32-18(2)28(25)27(30)31-16-24-22-9-5-3-7-20(22)21-8-4-6-10-23(21)24;1-3-28(25(26(29)30)16-19-14-12-18(2)13-15-19)27(31)32-17-24-22-10-6-4-8-20(22)21-9-5-7-11-23(21)24;1-16-10-12-17(13-11-16)14-23(24(27)28)26-25(29)30-15-22-20-8-4-2-6-18(20)19-7-3-5-9-21(19)22/h3-14,18,24-25H,15-16H2,1-2H3;4-15,24-25H,3,16-17H2,1-2H3,(H,29,30);2-13,22-23H,14-15H2,1H3,(H,26,29)(H,27,28)/t18?,25-;25-;23-/m000/s1. The summed E-state index contributed by atoms with van der Waals surface area (Å²) in [5, 5.41) is 21.8. The number of carbonyl (C=O) groups is 6. The van der Waals surface area contributed by atoms with Crippen LogP contribution >= 0.6 is 0 Å². The number of hydrogen-bond acceptors (Lipinski definition) is 10. The minimum atomic E-state index is -1.09. The van der Waals surface area contributed by atoms with E-state index in [4.69, 9.17) is 18.9 Å². The van der Waals surface area contributed by atoms with E-state index in [1.807, 2.05) is 178 Å². The maximum Gasteiger partial charge on any atom is 0.413 e. The van der Waals surface area contributed by atoms with Gasteiger partial charge in [0.1, 0.15) is 37.9 Å². The zero-order valence-corrected chi connectivity index (χ0v) is 53.1. The first kappa shape index (κ1) is 64.7. The molecule has 94 heavy (non-hydrogen) atoms. The Morgan fingerprint density at radius 3 is 1.20 bits per heavy atom. The highest BCUT2D eigenvalue weighted by Gasteiger charge is 2.44. The van der Waals surface area contributed by atoms with E-state index in [0.29, 0.717) is 6.42 Å². The molecule has 1 unspecified atom stereocenters. The van der Waals surface area contributed by atoms with Crippen molar-refractivity contribution in [3.05, 3.63) is 285 Å². The molecule has 1 aliphatic heterocycles. The number of fused-ring (bicyclic) bond motifs is 9. The lowest BCUT2D eigenvalue weighted by Crippen LogP contribution is -2.46. The predicted octanol–water partition coefficient (Wildman–Crippen LogP) is 14.9. The van der Waals surface area contributed by atoms with Crippen molar-refractivity contribution in [1.82, 2.24) is 15.1 Å². The number of amides is 3. The fraction of sp³-hybridized carbons (Fsp3) is 0.241. The Labute approximate surface area is 547 Å². The van der Waals surface area contributed by atoms with Crippen LogP contribution in [0.25, 0.3) is 33.4 Å². The van der Waals surface area contributed by atoms with Crippen LogP contribution in [0.4, 0.5) is 14.4 Å². The molecule has 9 aromatic rings. The van der Waals surface area contributed by atoms with Gasteiger partial charge in [0.05, 0.1) is 0 Å². The normalized spacial score (nSPS) is 15.3. The molecule has 15 heteroatoms. The molecule has 4 atom stereocenters. The quantitative estimate of drug-likeness (QED) is 0.0577. The second-order valence-corrected chi connectivity index (χ2v) is 24.1. The first-order chi connectivity index (χ1) is 45.5. The number of cyclic esters (lactones) is 1. The molecular weight excluding hydrogens is 1180 g/mol. The third-order valence-corrected chi connectivity index (χ3v) is 18.0. The largest absolute Gasteiger partial charge is 0.480 e. The van der Waals surface area contributed by atoms with Crippen molar-refractivity contribution in [2.24, 2.45) is 0 Å². The fourth-order valence-electron chi connectivity index (χ4n) is 13.1. The maximum atomic E-state index is 13.1. The van der Waals surface area contributed by atoms with Crippen LogP contribution in [0.15, 0.2) is 218 Å². The number of rotatable bonds is 17. The summed E-state index contributed by atoms with van der Waals surface area (Å²) in [7, 11) is 0. The van der Waals surface area contributed by atoms with Gasteiger partial charge in [0.2, 0.25) is 0 Å². The van der Waals surface area contributed by atoms with Crippen molar-refractivity contribution >= 4 is 36.2 Å². The molecule has 9 aromatic carbocycles. The van der Waals surface area contributed by atoms with Gasteiger partial charge in [0, 0.05) is 43.6 Å². The number of carboxylic acids is 2. The number of carboxylic acid groups (broad SMARTS) is 2. The Kier molecular flexibility index (Phi) is 20.1. The Morgan fingerprint density at radius 1 is 0.479 bits per heavy atom. The molecule has 0 radical (unpaired) electrons. The first-order valence-electron chi connectivity index (χ1n) is 31.7. The number of carbonyl (C=O) groups excluding carboxylic acids is 4. The minimum absolute atomic E-state index is 0.0311. The van der Waals surface area contributed by atoms with Crippen molar-refractivity contribution in [3.63, 3.8) is 0 Å². The molecule has 4 aliphatic rings. The molecule has 0 bridgehead atoms. The van der Waals surface area contributed by atoms with Crippen LogP contribution in [0.2, 0.25) is 0 Å². The summed E-state index contributed by atoms with van der Waals surface area (Å²) in [4.78, 5) is 77.3. The molecule has 1 heterocycles. The van der Waals surface area contributed by atoms with Crippen LogP contribution in [-0.2, 0) is 52.6 Å². The van der Waals surface area contributed by atoms with Crippen LogP contribution in [0.3, 0.4) is 0 Å². The molecule has 0 aromatic heterocycles. The van der Waals surface area contributed by atoms with Gasteiger partial charge < -0.3 is 34.5 Å². The Hall–Kier alpha value is -10.8. The third-order valence-electron chi connectivity index (χ3n) is 18.0. The van der Waals surface area contributed by atoms with E-state index in [1.54, 1.807) is 13.8 Å². The molecule has 3 aliphatic carbocycles. The molecule has 3 amide bonds. The van der Waals surface area contributed by atoms with Crippen LogP contribution in [0.1, 0.15) is 98.4 Å². The predicted molar refractivity (Wildman–Crippen MR) is 359 cm³/mol. The molecule has 478 valence electrons. The van der Waals surface area contributed by atoms with Gasteiger partial charge in [0.15, 0.2) is 6.23 Å². The number of aryl methyl sites for hydroxylation is 3. The van der Waals surface area contributed by atoms with Crippen molar-refractivity contribution in [2.75, 3.05) is 26.4 Å². The number of nitrogens with one attached hydrogen (secondary N) is 1. The number of esters is 1. The Balaban J connectivity index is 0.000000144. The van der Waals surface area contributed by atoms with Gasteiger partial charge in [-0.1, -0.05) is 235 Å².